The first-order valence-electron chi connectivity index (χ1n) is 7.98. The second kappa shape index (κ2) is 7.09. The maximum Gasteiger partial charge on any atom is 0.0136 e. The van der Waals surface area contributed by atoms with Gasteiger partial charge in [0.15, 0.2) is 0 Å². The Labute approximate surface area is 118 Å². The highest BCUT2D eigenvalue weighted by molar-refractivity contribution is 5.22. The minimum Gasteiger partial charge on any atom is -0.314 e. The van der Waals surface area contributed by atoms with Gasteiger partial charge in [0, 0.05) is 6.04 Å². The van der Waals surface area contributed by atoms with Gasteiger partial charge in [0.25, 0.3) is 0 Å². The molecule has 106 valence electrons. The number of hydrogen-bond acceptors (Lipinski definition) is 1. The van der Waals surface area contributed by atoms with Crippen LogP contribution in [0.5, 0.6) is 0 Å². The molecule has 0 spiro atoms. The lowest BCUT2D eigenvalue weighted by molar-refractivity contribution is 0.230. The van der Waals surface area contributed by atoms with Gasteiger partial charge < -0.3 is 5.32 Å². The molecular formula is C18H29N. The first kappa shape index (κ1) is 14.6. The largest absolute Gasteiger partial charge is 0.314 e. The molecule has 1 aromatic rings. The van der Waals surface area contributed by atoms with E-state index in [-0.39, 0.29) is 0 Å². The maximum absolute atomic E-state index is 3.73. The molecule has 1 saturated carbocycles. The fourth-order valence-electron chi connectivity index (χ4n) is 3.33. The lowest BCUT2D eigenvalue weighted by Gasteiger charge is -2.33. The summed E-state index contributed by atoms with van der Waals surface area (Å²) in [6.45, 7) is 7.88. The first-order chi connectivity index (χ1) is 9.19. The third kappa shape index (κ3) is 4.35. The van der Waals surface area contributed by atoms with E-state index in [1.807, 2.05) is 0 Å². The summed E-state index contributed by atoms with van der Waals surface area (Å²) in [5.41, 5.74) is 2.84. The van der Waals surface area contributed by atoms with Gasteiger partial charge in [-0.25, -0.2) is 0 Å². The topological polar surface area (TPSA) is 12.0 Å². The Balaban J connectivity index is 1.97. The van der Waals surface area contributed by atoms with Crippen molar-refractivity contribution in [3.63, 3.8) is 0 Å². The molecule has 1 unspecified atom stereocenters. The zero-order valence-corrected chi connectivity index (χ0v) is 12.8. The third-order valence-electron chi connectivity index (χ3n) is 4.67. The molecule has 1 aliphatic carbocycles. The number of benzene rings is 1. The zero-order valence-electron chi connectivity index (χ0n) is 12.8. The molecule has 19 heavy (non-hydrogen) atoms. The smallest absolute Gasteiger partial charge is 0.0136 e. The van der Waals surface area contributed by atoms with Crippen LogP contribution in [-0.4, -0.2) is 12.6 Å². The lowest BCUT2D eigenvalue weighted by Crippen LogP contribution is -2.39. The monoisotopic (exact) mass is 259 g/mol. The highest BCUT2D eigenvalue weighted by atomic mass is 14.9. The van der Waals surface area contributed by atoms with Crippen molar-refractivity contribution in [1.82, 2.24) is 5.32 Å². The molecule has 1 nitrogen and oxygen atoms in total. The summed E-state index contributed by atoms with van der Waals surface area (Å²) in [6.07, 6.45) is 6.84. The number of likely N-dealkylation sites (N-methyl/N-ethyl adjacent to an activating group) is 1. The second-order valence-electron chi connectivity index (χ2n) is 6.37. The average Bonchev–Trinajstić information content (AvgIpc) is 2.42. The molecule has 0 aliphatic heterocycles. The normalized spacial score (nSPS) is 25.2. The van der Waals surface area contributed by atoms with E-state index >= 15 is 0 Å². The molecule has 0 aromatic heterocycles. The van der Waals surface area contributed by atoms with Gasteiger partial charge in [-0.3, -0.25) is 0 Å². The summed E-state index contributed by atoms with van der Waals surface area (Å²) in [7, 11) is 0. The van der Waals surface area contributed by atoms with E-state index in [4.69, 9.17) is 0 Å². The molecule has 1 aromatic carbocycles. The molecule has 1 aliphatic rings. The highest BCUT2D eigenvalue weighted by Crippen LogP contribution is 2.31. The molecule has 1 heteroatoms. The lowest BCUT2D eigenvalue weighted by atomic mass is 9.77. The van der Waals surface area contributed by atoms with Gasteiger partial charge in [-0.2, -0.15) is 0 Å². The predicted octanol–water partition coefficient (Wildman–Crippen LogP) is 4.34. The number of hydrogen-bond donors (Lipinski definition) is 1. The van der Waals surface area contributed by atoms with Crippen molar-refractivity contribution < 1.29 is 0 Å². The summed E-state index contributed by atoms with van der Waals surface area (Å²) < 4.78 is 0. The third-order valence-corrected chi connectivity index (χ3v) is 4.67. The van der Waals surface area contributed by atoms with Crippen LogP contribution in [0.25, 0.3) is 0 Å². The number of aryl methyl sites for hydroxylation is 1. The van der Waals surface area contributed by atoms with E-state index in [1.165, 1.54) is 43.2 Å². The predicted molar refractivity (Wildman–Crippen MR) is 83.5 cm³/mol. The second-order valence-corrected chi connectivity index (χ2v) is 6.37. The van der Waals surface area contributed by atoms with Crippen molar-refractivity contribution in [2.45, 2.75) is 58.9 Å². The van der Waals surface area contributed by atoms with Crippen LogP contribution in [0.15, 0.2) is 24.3 Å². The zero-order chi connectivity index (χ0) is 13.7. The van der Waals surface area contributed by atoms with E-state index in [2.05, 4.69) is 50.4 Å². The molecule has 0 saturated heterocycles. The quantitative estimate of drug-likeness (QED) is 0.829. The van der Waals surface area contributed by atoms with Crippen molar-refractivity contribution in [3.8, 4) is 0 Å². The molecule has 1 atom stereocenters. The minimum atomic E-state index is 0.667. The average molecular weight is 259 g/mol. The van der Waals surface area contributed by atoms with E-state index in [0.717, 1.165) is 18.4 Å². The van der Waals surface area contributed by atoms with Crippen molar-refractivity contribution in [2.24, 2.45) is 11.8 Å². The van der Waals surface area contributed by atoms with Crippen LogP contribution in [0.1, 0.15) is 50.7 Å². The number of rotatable bonds is 5. The molecule has 0 radical (unpaired) electrons. The Kier molecular flexibility index (Phi) is 5.45. The highest BCUT2D eigenvalue weighted by Gasteiger charge is 2.25. The standard InChI is InChI=1S/C18H29N/c1-4-19-18(17-11-7-15(3)8-12-17)13-16-9-5-14(2)6-10-16/h5-6,9-10,15,17-19H,4,7-8,11-13H2,1-3H3. The van der Waals surface area contributed by atoms with Gasteiger partial charge in [-0.15, -0.1) is 0 Å². The van der Waals surface area contributed by atoms with Gasteiger partial charge in [-0.05, 0) is 50.1 Å². The Morgan fingerprint density at radius 2 is 1.74 bits per heavy atom. The first-order valence-corrected chi connectivity index (χ1v) is 7.98. The summed E-state index contributed by atoms with van der Waals surface area (Å²) in [6, 6.07) is 9.74. The molecule has 2 rings (SSSR count). The van der Waals surface area contributed by atoms with E-state index < -0.39 is 0 Å². The Morgan fingerprint density at radius 3 is 2.32 bits per heavy atom. The van der Waals surface area contributed by atoms with Gasteiger partial charge in [0.05, 0.1) is 0 Å². The van der Waals surface area contributed by atoms with Crippen LogP contribution in [0, 0.1) is 18.8 Å². The van der Waals surface area contributed by atoms with Crippen molar-refractivity contribution in [2.75, 3.05) is 6.54 Å². The Hall–Kier alpha value is -0.820. The van der Waals surface area contributed by atoms with Crippen LogP contribution in [0.2, 0.25) is 0 Å². The molecule has 0 amide bonds. The molecular weight excluding hydrogens is 230 g/mol. The Bertz CT molecular complexity index is 360. The summed E-state index contributed by atoms with van der Waals surface area (Å²) in [5.74, 6) is 1.82. The minimum absolute atomic E-state index is 0.667. The van der Waals surface area contributed by atoms with Crippen LogP contribution >= 0.6 is 0 Å². The van der Waals surface area contributed by atoms with Gasteiger partial charge in [0.1, 0.15) is 0 Å². The van der Waals surface area contributed by atoms with Crippen molar-refractivity contribution >= 4 is 0 Å². The van der Waals surface area contributed by atoms with E-state index in [9.17, 15) is 0 Å². The summed E-state index contributed by atoms with van der Waals surface area (Å²) in [5, 5.41) is 3.73. The molecule has 0 bridgehead atoms. The fourth-order valence-corrected chi connectivity index (χ4v) is 3.33. The Morgan fingerprint density at radius 1 is 1.11 bits per heavy atom. The maximum atomic E-state index is 3.73. The SMILES string of the molecule is CCNC(Cc1ccc(C)cc1)C1CCC(C)CC1. The van der Waals surface area contributed by atoms with Gasteiger partial charge >= 0.3 is 0 Å². The van der Waals surface area contributed by atoms with E-state index in [1.54, 1.807) is 0 Å². The van der Waals surface area contributed by atoms with Gasteiger partial charge in [-0.1, -0.05) is 56.5 Å². The van der Waals surface area contributed by atoms with Crippen LogP contribution in [-0.2, 0) is 6.42 Å². The van der Waals surface area contributed by atoms with Crippen LogP contribution < -0.4 is 5.32 Å². The number of nitrogens with one attached hydrogen (secondary N) is 1. The van der Waals surface area contributed by atoms with Crippen molar-refractivity contribution in [1.29, 1.82) is 0 Å². The summed E-state index contributed by atoms with van der Waals surface area (Å²) >= 11 is 0. The fraction of sp³-hybridized carbons (Fsp3) is 0.667. The molecule has 1 N–H and O–H groups in total. The summed E-state index contributed by atoms with van der Waals surface area (Å²) in [4.78, 5) is 0. The van der Waals surface area contributed by atoms with Crippen molar-refractivity contribution in [3.05, 3.63) is 35.4 Å². The van der Waals surface area contributed by atoms with Crippen LogP contribution in [0.4, 0.5) is 0 Å². The molecule has 1 fully saturated rings. The molecule has 0 heterocycles. The van der Waals surface area contributed by atoms with E-state index in [0.29, 0.717) is 6.04 Å². The van der Waals surface area contributed by atoms with Crippen LogP contribution in [0.3, 0.4) is 0 Å². The van der Waals surface area contributed by atoms with Gasteiger partial charge in [0.2, 0.25) is 0 Å².